The third kappa shape index (κ3) is 2.90. The van der Waals surface area contributed by atoms with Crippen LogP contribution in [-0.4, -0.2) is 33.0 Å². The van der Waals surface area contributed by atoms with Crippen LogP contribution in [-0.2, 0) is 21.2 Å². The summed E-state index contributed by atoms with van der Waals surface area (Å²) in [4.78, 5) is 0.388. The molecule has 0 unspecified atom stereocenters. The first-order chi connectivity index (χ1) is 12.1. The lowest BCUT2D eigenvalue weighted by Gasteiger charge is -2.45. The number of piperidine rings is 1. The van der Waals surface area contributed by atoms with Gasteiger partial charge in [0.05, 0.1) is 17.5 Å². The van der Waals surface area contributed by atoms with Gasteiger partial charge in [-0.15, -0.1) is 0 Å². The summed E-state index contributed by atoms with van der Waals surface area (Å²) in [7, 11) is -1.80. The molecule has 1 saturated heterocycles. The highest BCUT2D eigenvalue weighted by Crippen LogP contribution is 2.48. The quantitative estimate of drug-likeness (QED) is 0.823. The van der Waals surface area contributed by atoms with Crippen LogP contribution in [0.3, 0.4) is 0 Å². The molecule has 132 valence electrons. The van der Waals surface area contributed by atoms with Crippen LogP contribution in [0, 0.1) is 0 Å². The van der Waals surface area contributed by atoms with E-state index >= 15 is 0 Å². The van der Waals surface area contributed by atoms with Gasteiger partial charge in [-0.3, -0.25) is 0 Å². The highest BCUT2D eigenvalue weighted by Gasteiger charge is 2.43. The van der Waals surface area contributed by atoms with Crippen molar-refractivity contribution in [3.63, 3.8) is 0 Å². The van der Waals surface area contributed by atoms with Crippen LogP contribution < -0.4 is 0 Å². The number of ether oxygens (including phenoxy) is 1. The number of hydrogen-bond donors (Lipinski definition) is 0. The van der Waals surface area contributed by atoms with Gasteiger partial charge < -0.3 is 4.74 Å². The summed E-state index contributed by atoms with van der Waals surface area (Å²) < 4.78 is 33.2. The average molecular weight is 357 g/mol. The fourth-order valence-corrected chi connectivity index (χ4v) is 5.82. The van der Waals surface area contributed by atoms with Crippen molar-refractivity contribution >= 4 is 10.0 Å². The predicted molar refractivity (Wildman–Crippen MR) is 97.1 cm³/mol. The van der Waals surface area contributed by atoms with Crippen LogP contribution in [0.25, 0.3) is 0 Å². The Hall–Kier alpha value is -1.69. The van der Waals surface area contributed by atoms with E-state index in [1.54, 1.807) is 23.5 Å². The monoisotopic (exact) mass is 357 g/mol. The number of nitrogens with zero attached hydrogens (tertiary/aromatic N) is 1. The normalized spacial score (nSPS) is 22.8. The molecule has 5 heteroatoms. The molecule has 1 aliphatic carbocycles. The van der Waals surface area contributed by atoms with Crippen molar-refractivity contribution in [1.29, 1.82) is 0 Å². The summed E-state index contributed by atoms with van der Waals surface area (Å²) in [5.41, 5.74) is 3.61. The highest BCUT2D eigenvalue weighted by atomic mass is 32.2. The summed E-state index contributed by atoms with van der Waals surface area (Å²) in [6.07, 6.45) is 2.77. The Labute approximate surface area is 149 Å². The zero-order valence-corrected chi connectivity index (χ0v) is 15.2. The minimum absolute atomic E-state index is 0.0284. The Morgan fingerprint density at radius 2 is 1.76 bits per heavy atom. The van der Waals surface area contributed by atoms with E-state index in [-0.39, 0.29) is 6.04 Å². The zero-order chi connectivity index (χ0) is 17.4. The third-order valence-electron chi connectivity index (χ3n) is 5.46. The van der Waals surface area contributed by atoms with E-state index < -0.39 is 10.0 Å². The number of methoxy groups -OCH3 is 1. The molecule has 0 amide bonds. The minimum Gasteiger partial charge on any atom is -0.384 e. The second kappa shape index (κ2) is 6.56. The number of sulfonamides is 1. The first-order valence-electron chi connectivity index (χ1n) is 8.80. The number of rotatable bonds is 5. The minimum atomic E-state index is -3.47. The van der Waals surface area contributed by atoms with Crippen molar-refractivity contribution in [3.05, 3.63) is 65.2 Å². The van der Waals surface area contributed by atoms with Gasteiger partial charge in [-0.1, -0.05) is 36.4 Å². The maximum absolute atomic E-state index is 13.2. The van der Waals surface area contributed by atoms with Gasteiger partial charge in [0.15, 0.2) is 0 Å². The summed E-state index contributed by atoms with van der Waals surface area (Å²) in [5, 5.41) is 0. The summed E-state index contributed by atoms with van der Waals surface area (Å²) >= 11 is 0. The topological polar surface area (TPSA) is 46.6 Å². The Morgan fingerprint density at radius 3 is 2.48 bits per heavy atom. The van der Waals surface area contributed by atoms with Crippen LogP contribution in [0.15, 0.2) is 53.4 Å². The van der Waals surface area contributed by atoms with E-state index in [1.165, 1.54) is 11.1 Å². The lowest BCUT2D eigenvalue weighted by Crippen LogP contribution is -2.45. The third-order valence-corrected chi connectivity index (χ3v) is 7.35. The molecule has 3 aliphatic rings. The van der Waals surface area contributed by atoms with E-state index in [4.69, 9.17) is 4.74 Å². The molecule has 0 spiro atoms. The molecule has 5 rings (SSSR count). The van der Waals surface area contributed by atoms with Crippen molar-refractivity contribution in [1.82, 2.24) is 4.31 Å². The Balaban J connectivity index is 1.63. The van der Waals surface area contributed by atoms with Gasteiger partial charge in [0.25, 0.3) is 0 Å². The Kier molecular flexibility index (Phi) is 4.40. The van der Waals surface area contributed by atoms with Crippen LogP contribution >= 0.6 is 0 Å². The molecular weight excluding hydrogens is 334 g/mol. The molecule has 2 bridgehead atoms. The zero-order valence-electron chi connectivity index (χ0n) is 14.4. The first-order valence-corrected chi connectivity index (χ1v) is 10.2. The van der Waals surface area contributed by atoms with E-state index in [0.717, 1.165) is 24.8 Å². The SMILES string of the molecule is COCCc1ccc(S(=O)(=O)N2C[C@H]3CC[C@H]2c2ccccc23)cc1. The standard InChI is InChI=1S/C20H23NO3S/c1-24-13-12-15-6-9-17(10-7-15)25(22,23)21-14-16-8-11-20(21)19-5-3-2-4-18(16)19/h2-7,9-10,16,20H,8,11-14H2,1H3/t16-,20+/m1/s1. The maximum Gasteiger partial charge on any atom is 0.243 e. The van der Waals surface area contributed by atoms with Gasteiger partial charge in [-0.2, -0.15) is 4.31 Å². The highest BCUT2D eigenvalue weighted by molar-refractivity contribution is 7.89. The summed E-state index contributed by atoms with van der Waals surface area (Å²) in [6.45, 7) is 1.23. The van der Waals surface area contributed by atoms with Crippen molar-refractivity contribution in [2.24, 2.45) is 0 Å². The fraction of sp³-hybridized carbons (Fsp3) is 0.400. The second-order valence-corrected chi connectivity index (χ2v) is 8.77. The molecule has 25 heavy (non-hydrogen) atoms. The molecular formula is C20H23NO3S. The van der Waals surface area contributed by atoms with E-state index in [9.17, 15) is 8.42 Å². The smallest absolute Gasteiger partial charge is 0.243 e. The van der Waals surface area contributed by atoms with Gasteiger partial charge in [0.1, 0.15) is 0 Å². The van der Waals surface area contributed by atoms with Gasteiger partial charge >= 0.3 is 0 Å². The molecule has 0 N–H and O–H groups in total. The fourth-order valence-electron chi connectivity index (χ4n) is 4.14. The summed E-state index contributed by atoms with van der Waals surface area (Å²) in [6, 6.07) is 15.5. The molecule has 0 saturated carbocycles. The number of benzene rings is 2. The van der Waals surface area contributed by atoms with Crippen LogP contribution in [0.4, 0.5) is 0 Å². The molecule has 2 aromatic rings. The molecule has 0 radical (unpaired) electrons. The van der Waals surface area contributed by atoms with Crippen molar-refractivity contribution < 1.29 is 13.2 Å². The molecule has 4 nitrogen and oxygen atoms in total. The first kappa shape index (κ1) is 16.8. The van der Waals surface area contributed by atoms with Gasteiger partial charge in [0.2, 0.25) is 10.0 Å². The van der Waals surface area contributed by atoms with Gasteiger partial charge in [0, 0.05) is 13.7 Å². The Morgan fingerprint density at radius 1 is 1.04 bits per heavy atom. The Bertz CT molecular complexity index is 861. The molecule has 2 aromatic carbocycles. The lowest BCUT2D eigenvalue weighted by molar-refractivity contribution is 0.202. The van der Waals surface area contributed by atoms with E-state index in [1.807, 2.05) is 18.2 Å². The molecule has 1 fully saturated rings. The largest absolute Gasteiger partial charge is 0.384 e. The molecule has 2 aliphatic heterocycles. The predicted octanol–water partition coefficient (Wildman–Crippen LogP) is 3.50. The van der Waals surface area contributed by atoms with Crippen molar-refractivity contribution in [2.45, 2.75) is 36.1 Å². The van der Waals surface area contributed by atoms with Gasteiger partial charge in [-0.25, -0.2) is 8.42 Å². The average Bonchev–Trinajstić information content (AvgIpc) is 2.67. The van der Waals surface area contributed by atoms with Crippen molar-refractivity contribution in [2.75, 3.05) is 20.3 Å². The lowest BCUT2D eigenvalue weighted by atomic mass is 9.76. The maximum atomic E-state index is 13.2. The molecule has 2 heterocycles. The van der Waals surface area contributed by atoms with E-state index in [0.29, 0.717) is 24.0 Å². The van der Waals surface area contributed by atoms with Gasteiger partial charge in [-0.05, 0) is 54.0 Å². The van der Waals surface area contributed by atoms with Crippen LogP contribution in [0.1, 0.15) is 41.5 Å². The van der Waals surface area contributed by atoms with Crippen molar-refractivity contribution in [3.8, 4) is 0 Å². The molecule has 0 aromatic heterocycles. The van der Waals surface area contributed by atoms with Crippen LogP contribution in [0.2, 0.25) is 0 Å². The van der Waals surface area contributed by atoms with Crippen LogP contribution in [0.5, 0.6) is 0 Å². The molecule has 2 atom stereocenters. The summed E-state index contributed by atoms with van der Waals surface area (Å²) in [5.74, 6) is 0.317. The van der Waals surface area contributed by atoms with E-state index in [2.05, 4.69) is 18.2 Å². The number of hydrogen-bond acceptors (Lipinski definition) is 3. The number of fused-ring (bicyclic) bond motifs is 2. The second-order valence-electron chi connectivity index (χ2n) is 6.88.